The van der Waals surface area contributed by atoms with Gasteiger partial charge in [0.2, 0.25) is 0 Å². The maximum Gasteiger partial charge on any atom is 0.317 e. The van der Waals surface area contributed by atoms with Crippen LogP contribution in [0.4, 0.5) is 11.4 Å². The van der Waals surface area contributed by atoms with E-state index in [4.69, 9.17) is 15.2 Å². The summed E-state index contributed by atoms with van der Waals surface area (Å²) >= 11 is 0. The SMILES string of the molecule is CC(=O)OC(CN)CCOc1ccc([N+](=O)[O-])cc1[N+](=O)[O-]. The number of nitro groups is 2. The van der Waals surface area contributed by atoms with Crippen LogP contribution in [0.1, 0.15) is 13.3 Å². The van der Waals surface area contributed by atoms with E-state index in [1.165, 1.54) is 6.92 Å². The summed E-state index contributed by atoms with van der Waals surface area (Å²) in [7, 11) is 0. The number of nitrogens with two attached hydrogens (primary N) is 1. The maximum atomic E-state index is 10.9. The number of carbonyl (C=O) groups is 1. The molecule has 0 saturated heterocycles. The van der Waals surface area contributed by atoms with Crippen molar-refractivity contribution >= 4 is 17.3 Å². The minimum Gasteiger partial charge on any atom is -0.487 e. The summed E-state index contributed by atoms with van der Waals surface area (Å²) < 4.78 is 10.1. The Bertz CT molecular complexity index is 576. The first-order valence-corrected chi connectivity index (χ1v) is 6.28. The molecule has 0 bridgehead atoms. The van der Waals surface area contributed by atoms with Gasteiger partial charge in [0.1, 0.15) is 6.10 Å². The van der Waals surface area contributed by atoms with Crippen molar-refractivity contribution in [3.05, 3.63) is 38.4 Å². The Balaban J connectivity index is 2.74. The number of nitrogens with zero attached hydrogens (tertiary/aromatic N) is 2. The monoisotopic (exact) mass is 313 g/mol. The summed E-state index contributed by atoms with van der Waals surface area (Å²) in [6.07, 6.45) is -0.320. The lowest BCUT2D eigenvalue weighted by atomic mass is 10.2. The fraction of sp³-hybridized carbons (Fsp3) is 0.417. The molecule has 0 fully saturated rings. The predicted molar refractivity (Wildman–Crippen MR) is 74.5 cm³/mol. The number of nitro benzene ring substituents is 2. The van der Waals surface area contributed by atoms with Gasteiger partial charge in [-0.3, -0.25) is 25.0 Å². The molecule has 10 nitrogen and oxygen atoms in total. The highest BCUT2D eigenvalue weighted by atomic mass is 16.6. The zero-order valence-corrected chi connectivity index (χ0v) is 11.8. The summed E-state index contributed by atoms with van der Waals surface area (Å²) in [6.45, 7) is 1.34. The Hall–Kier alpha value is -2.75. The van der Waals surface area contributed by atoms with E-state index >= 15 is 0 Å². The van der Waals surface area contributed by atoms with Gasteiger partial charge in [0.15, 0.2) is 5.75 Å². The zero-order chi connectivity index (χ0) is 16.7. The van der Waals surface area contributed by atoms with Crippen molar-refractivity contribution in [2.75, 3.05) is 13.2 Å². The normalized spacial score (nSPS) is 11.5. The molecule has 1 atom stereocenters. The van der Waals surface area contributed by atoms with E-state index < -0.39 is 33.3 Å². The van der Waals surface area contributed by atoms with Gasteiger partial charge in [-0.05, 0) is 6.07 Å². The Morgan fingerprint density at radius 2 is 2.00 bits per heavy atom. The van der Waals surface area contributed by atoms with Crippen molar-refractivity contribution in [2.45, 2.75) is 19.4 Å². The molecule has 0 aliphatic rings. The fourth-order valence-corrected chi connectivity index (χ4v) is 1.64. The highest BCUT2D eigenvalue weighted by Gasteiger charge is 2.21. The first-order valence-electron chi connectivity index (χ1n) is 6.28. The van der Waals surface area contributed by atoms with E-state index in [0.29, 0.717) is 0 Å². The van der Waals surface area contributed by atoms with Gasteiger partial charge in [0.05, 0.1) is 22.5 Å². The minimum atomic E-state index is -0.769. The van der Waals surface area contributed by atoms with E-state index in [-0.39, 0.29) is 25.3 Å². The number of carbonyl (C=O) groups excluding carboxylic acids is 1. The van der Waals surface area contributed by atoms with E-state index in [1.807, 2.05) is 0 Å². The molecule has 0 spiro atoms. The van der Waals surface area contributed by atoms with Gasteiger partial charge in [0, 0.05) is 26.0 Å². The number of esters is 1. The zero-order valence-electron chi connectivity index (χ0n) is 11.8. The van der Waals surface area contributed by atoms with Gasteiger partial charge < -0.3 is 15.2 Å². The molecular formula is C12H15N3O7. The summed E-state index contributed by atoms with van der Waals surface area (Å²) in [5, 5.41) is 21.5. The molecule has 0 amide bonds. The molecule has 0 aliphatic carbocycles. The van der Waals surface area contributed by atoms with Crippen LogP contribution in [0.15, 0.2) is 18.2 Å². The highest BCUT2D eigenvalue weighted by molar-refractivity contribution is 5.66. The number of ether oxygens (including phenoxy) is 2. The van der Waals surface area contributed by atoms with Crippen molar-refractivity contribution in [3.63, 3.8) is 0 Å². The van der Waals surface area contributed by atoms with E-state index in [0.717, 1.165) is 18.2 Å². The first-order chi connectivity index (χ1) is 10.3. The van der Waals surface area contributed by atoms with Gasteiger partial charge in [-0.1, -0.05) is 0 Å². The lowest BCUT2D eigenvalue weighted by Gasteiger charge is -2.15. The van der Waals surface area contributed by atoms with Gasteiger partial charge in [-0.25, -0.2) is 0 Å². The van der Waals surface area contributed by atoms with Gasteiger partial charge >= 0.3 is 11.7 Å². The second-order valence-electron chi connectivity index (χ2n) is 4.27. The number of hydrogen-bond acceptors (Lipinski definition) is 8. The van der Waals surface area contributed by atoms with Crippen LogP contribution < -0.4 is 10.5 Å². The summed E-state index contributed by atoms with van der Waals surface area (Å²) in [4.78, 5) is 30.8. The summed E-state index contributed by atoms with van der Waals surface area (Å²) in [6, 6.07) is 3.08. The van der Waals surface area contributed by atoms with Crippen LogP contribution in [-0.4, -0.2) is 35.1 Å². The Labute approximate surface area is 125 Å². The van der Waals surface area contributed by atoms with Crippen LogP contribution in [0, 0.1) is 20.2 Å². The van der Waals surface area contributed by atoms with E-state index in [2.05, 4.69) is 0 Å². The summed E-state index contributed by atoms with van der Waals surface area (Å²) in [5.41, 5.74) is 4.50. The van der Waals surface area contributed by atoms with Crippen LogP contribution in [-0.2, 0) is 9.53 Å². The number of non-ortho nitro benzene ring substituents is 1. The molecule has 0 aromatic heterocycles. The topological polar surface area (TPSA) is 148 Å². The summed E-state index contributed by atoms with van der Waals surface area (Å²) in [5.74, 6) is -0.592. The average Bonchev–Trinajstić information content (AvgIpc) is 2.45. The molecule has 0 radical (unpaired) electrons. The molecule has 2 N–H and O–H groups in total. The van der Waals surface area contributed by atoms with Crippen LogP contribution >= 0.6 is 0 Å². The smallest absolute Gasteiger partial charge is 0.317 e. The Morgan fingerprint density at radius 3 is 2.50 bits per heavy atom. The molecule has 0 saturated carbocycles. The largest absolute Gasteiger partial charge is 0.487 e. The molecule has 22 heavy (non-hydrogen) atoms. The first kappa shape index (κ1) is 17.3. The second kappa shape index (κ2) is 7.88. The van der Waals surface area contributed by atoms with Gasteiger partial charge in [-0.15, -0.1) is 0 Å². The molecule has 1 unspecified atom stereocenters. The fourth-order valence-electron chi connectivity index (χ4n) is 1.64. The third-order valence-electron chi connectivity index (χ3n) is 2.64. The maximum absolute atomic E-state index is 10.9. The van der Waals surface area contributed by atoms with Crippen LogP contribution in [0.25, 0.3) is 0 Å². The molecule has 0 aliphatic heterocycles. The van der Waals surface area contributed by atoms with Crippen molar-refractivity contribution in [1.82, 2.24) is 0 Å². The molecule has 1 aromatic carbocycles. The second-order valence-corrected chi connectivity index (χ2v) is 4.27. The molecule has 1 rings (SSSR count). The van der Waals surface area contributed by atoms with Crippen molar-refractivity contribution in [1.29, 1.82) is 0 Å². The van der Waals surface area contributed by atoms with Gasteiger partial charge in [0.25, 0.3) is 5.69 Å². The highest BCUT2D eigenvalue weighted by Crippen LogP contribution is 2.31. The van der Waals surface area contributed by atoms with E-state index in [9.17, 15) is 25.0 Å². The van der Waals surface area contributed by atoms with Crippen molar-refractivity contribution in [2.24, 2.45) is 5.73 Å². The lowest BCUT2D eigenvalue weighted by molar-refractivity contribution is -0.394. The quantitative estimate of drug-likeness (QED) is 0.427. The predicted octanol–water partition coefficient (Wildman–Crippen LogP) is 1.16. The number of rotatable bonds is 8. The standard InChI is InChI=1S/C12H15N3O7/c1-8(16)22-10(7-13)4-5-21-12-3-2-9(14(17)18)6-11(12)15(19)20/h2-3,6,10H,4-5,7,13H2,1H3. The van der Waals surface area contributed by atoms with Crippen LogP contribution in [0.2, 0.25) is 0 Å². The number of benzene rings is 1. The molecular weight excluding hydrogens is 298 g/mol. The Morgan fingerprint density at radius 1 is 1.32 bits per heavy atom. The van der Waals surface area contributed by atoms with Gasteiger partial charge in [-0.2, -0.15) is 0 Å². The molecule has 1 aromatic rings. The number of hydrogen-bond donors (Lipinski definition) is 1. The Kier molecular flexibility index (Phi) is 6.20. The average molecular weight is 313 g/mol. The third kappa shape index (κ3) is 4.98. The van der Waals surface area contributed by atoms with Crippen molar-refractivity contribution in [3.8, 4) is 5.75 Å². The van der Waals surface area contributed by atoms with E-state index in [1.54, 1.807) is 0 Å². The third-order valence-corrected chi connectivity index (χ3v) is 2.64. The lowest BCUT2D eigenvalue weighted by Crippen LogP contribution is -2.27. The van der Waals surface area contributed by atoms with Crippen LogP contribution in [0.5, 0.6) is 5.75 Å². The minimum absolute atomic E-state index is 0.00774. The van der Waals surface area contributed by atoms with Crippen molar-refractivity contribution < 1.29 is 24.1 Å². The van der Waals surface area contributed by atoms with Crippen LogP contribution in [0.3, 0.4) is 0 Å². The molecule has 10 heteroatoms. The molecule has 0 heterocycles. The molecule has 120 valence electrons.